The third-order valence-electron chi connectivity index (χ3n) is 1.88. The van der Waals surface area contributed by atoms with E-state index >= 15 is 0 Å². The van der Waals surface area contributed by atoms with E-state index in [1.54, 1.807) is 0 Å². The zero-order chi connectivity index (χ0) is 11.4. The summed E-state index contributed by atoms with van der Waals surface area (Å²) in [7, 11) is 2.51. The van der Waals surface area contributed by atoms with Gasteiger partial charge in [0.25, 0.3) is 6.43 Å². The molecule has 0 aromatic heterocycles. The van der Waals surface area contributed by atoms with Crippen LogP contribution in [0.15, 0.2) is 18.2 Å². The van der Waals surface area contributed by atoms with Crippen LogP contribution >= 0.6 is 0 Å². The summed E-state index contributed by atoms with van der Waals surface area (Å²) in [4.78, 5) is 11.2. The molecule has 1 aromatic rings. The highest BCUT2D eigenvalue weighted by Gasteiger charge is 2.16. The fourth-order valence-electron chi connectivity index (χ4n) is 1.12. The Labute approximate surface area is 85.6 Å². The van der Waals surface area contributed by atoms with Gasteiger partial charge in [-0.05, 0) is 12.1 Å². The highest BCUT2D eigenvalue weighted by atomic mass is 19.3. The van der Waals surface area contributed by atoms with Crippen LogP contribution in [0.3, 0.4) is 0 Å². The van der Waals surface area contributed by atoms with Crippen LogP contribution in [0.5, 0.6) is 5.75 Å². The molecule has 82 valence electrons. The van der Waals surface area contributed by atoms with Crippen molar-refractivity contribution in [1.82, 2.24) is 0 Å². The summed E-state index contributed by atoms with van der Waals surface area (Å²) in [6.45, 7) is 0. The minimum absolute atomic E-state index is 0.0830. The second-order valence-electron chi connectivity index (χ2n) is 2.75. The lowest BCUT2D eigenvalue weighted by molar-refractivity contribution is 0.0596. The number of halogens is 2. The van der Waals surface area contributed by atoms with Crippen molar-refractivity contribution in [2.75, 3.05) is 14.2 Å². The Morgan fingerprint density at radius 1 is 1.33 bits per heavy atom. The van der Waals surface area contributed by atoms with Gasteiger partial charge in [0.15, 0.2) is 0 Å². The summed E-state index contributed by atoms with van der Waals surface area (Å²) in [6, 6.07) is 3.54. The van der Waals surface area contributed by atoms with Gasteiger partial charge in [0.1, 0.15) is 11.3 Å². The molecular weight excluding hydrogens is 206 g/mol. The molecule has 0 bridgehead atoms. The van der Waals surface area contributed by atoms with Gasteiger partial charge in [-0.25, -0.2) is 13.6 Å². The molecule has 3 nitrogen and oxygen atoms in total. The molecule has 0 N–H and O–H groups in total. The largest absolute Gasteiger partial charge is 0.496 e. The summed E-state index contributed by atoms with van der Waals surface area (Å²) < 4.78 is 34.0. The molecule has 0 aliphatic rings. The van der Waals surface area contributed by atoms with Crippen LogP contribution < -0.4 is 4.74 Å². The third-order valence-corrected chi connectivity index (χ3v) is 1.88. The second kappa shape index (κ2) is 4.72. The summed E-state index contributed by atoms with van der Waals surface area (Å²) in [5.74, 6) is -0.535. The molecule has 0 spiro atoms. The van der Waals surface area contributed by atoms with Gasteiger partial charge in [-0.15, -0.1) is 0 Å². The van der Waals surface area contributed by atoms with E-state index in [-0.39, 0.29) is 16.9 Å². The SMILES string of the molecule is COC(=O)c1ccc(C(F)F)cc1OC. The van der Waals surface area contributed by atoms with Crippen molar-refractivity contribution in [1.29, 1.82) is 0 Å². The number of benzene rings is 1. The van der Waals surface area contributed by atoms with Gasteiger partial charge in [0, 0.05) is 5.56 Å². The van der Waals surface area contributed by atoms with Crippen molar-refractivity contribution >= 4 is 5.97 Å². The number of hydrogen-bond donors (Lipinski definition) is 0. The number of hydrogen-bond acceptors (Lipinski definition) is 3. The number of carbonyl (C=O) groups excluding carboxylic acids is 1. The zero-order valence-electron chi connectivity index (χ0n) is 8.29. The van der Waals surface area contributed by atoms with Gasteiger partial charge in [-0.2, -0.15) is 0 Å². The van der Waals surface area contributed by atoms with Gasteiger partial charge < -0.3 is 9.47 Å². The predicted octanol–water partition coefficient (Wildman–Crippen LogP) is 2.42. The lowest BCUT2D eigenvalue weighted by Gasteiger charge is -2.08. The second-order valence-corrected chi connectivity index (χ2v) is 2.75. The van der Waals surface area contributed by atoms with Gasteiger partial charge in [-0.1, -0.05) is 6.07 Å². The Morgan fingerprint density at radius 2 is 2.00 bits per heavy atom. The maximum Gasteiger partial charge on any atom is 0.341 e. The van der Waals surface area contributed by atoms with E-state index in [4.69, 9.17) is 4.74 Å². The molecule has 0 fully saturated rings. The summed E-state index contributed by atoms with van der Waals surface area (Å²) in [6.07, 6.45) is -2.59. The number of methoxy groups -OCH3 is 2. The predicted molar refractivity (Wildman–Crippen MR) is 49.3 cm³/mol. The van der Waals surface area contributed by atoms with E-state index < -0.39 is 12.4 Å². The van der Waals surface area contributed by atoms with Gasteiger partial charge >= 0.3 is 5.97 Å². The Hall–Kier alpha value is -1.65. The average Bonchev–Trinajstić information content (AvgIpc) is 2.27. The van der Waals surface area contributed by atoms with Gasteiger partial charge in [0.05, 0.1) is 14.2 Å². The first-order valence-corrected chi connectivity index (χ1v) is 4.14. The van der Waals surface area contributed by atoms with Gasteiger partial charge in [-0.3, -0.25) is 0 Å². The van der Waals surface area contributed by atoms with E-state index in [9.17, 15) is 13.6 Å². The standard InChI is InChI=1S/C10H10F2O3/c1-14-8-5-6(9(11)12)3-4-7(8)10(13)15-2/h3-5,9H,1-2H3. The van der Waals surface area contributed by atoms with Crippen LogP contribution in [-0.4, -0.2) is 20.2 Å². The lowest BCUT2D eigenvalue weighted by atomic mass is 10.1. The lowest BCUT2D eigenvalue weighted by Crippen LogP contribution is -2.04. The monoisotopic (exact) mass is 216 g/mol. The van der Waals surface area contributed by atoms with Crippen molar-refractivity contribution in [3.63, 3.8) is 0 Å². The molecule has 15 heavy (non-hydrogen) atoms. The molecule has 0 amide bonds. The number of rotatable bonds is 3. The first-order valence-electron chi connectivity index (χ1n) is 4.14. The third kappa shape index (κ3) is 2.43. The van der Waals surface area contributed by atoms with E-state index in [1.165, 1.54) is 26.4 Å². The Bertz CT molecular complexity index is 364. The molecule has 0 saturated heterocycles. The van der Waals surface area contributed by atoms with Crippen LogP contribution in [0.2, 0.25) is 0 Å². The first-order chi connectivity index (χ1) is 7.10. The van der Waals surface area contributed by atoms with Crippen molar-refractivity contribution in [2.24, 2.45) is 0 Å². The maximum atomic E-state index is 12.3. The smallest absolute Gasteiger partial charge is 0.341 e. The molecule has 0 heterocycles. The van der Waals surface area contributed by atoms with Crippen LogP contribution in [0, 0.1) is 0 Å². The van der Waals surface area contributed by atoms with Crippen LogP contribution in [0.25, 0.3) is 0 Å². The Kier molecular flexibility index (Phi) is 3.60. The number of ether oxygens (including phenoxy) is 2. The topological polar surface area (TPSA) is 35.5 Å². The van der Waals surface area contributed by atoms with E-state index in [0.29, 0.717) is 0 Å². The number of alkyl halides is 2. The summed E-state index contributed by atoms with van der Waals surface area (Å²) in [5, 5.41) is 0. The molecule has 0 unspecified atom stereocenters. The molecule has 1 rings (SSSR count). The van der Waals surface area contributed by atoms with E-state index in [1.807, 2.05) is 0 Å². The normalized spacial score (nSPS) is 10.2. The van der Waals surface area contributed by atoms with Crippen molar-refractivity contribution < 1.29 is 23.0 Å². The summed E-state index contributed by atoms with van der Waals surface area (Å²) >= 11 is 0. The van der Waals surface area contributed by atoms with E-state index in [0.717, 1.165) is 6.07 Å². The average molecular weight is 216 g/mol. The maximum absolute atomic E-state index is 12.3. The van der Waals surface area contributed by atoms with Crippen molar-refractivity contribution in [3.8, 4) is 5.75 Å². The fourth-order valence-corrected chi connectivity index (χ4v) is 1.12. The van der Waals surface area contributed by atoms with Crippen LogP contribution in [-0.2, 0) is 4.74 Å². The Morgan fingerprint density at radius 3 is 2.47 bits per heavy atom. The Balaban J connectivity index is 3.15. The fraction of sp³-hybridized carbons (Fsp3) is 0.300. The highest BCUT2D eigenvalue weighted by molar-refractivity contribution is 5.92. The van der Waals surface area contributed by atoms with Crippen molar-refractivity contribution in [2.45, 2.75) is 6.43 Å². The minimum Gasteiger partial charge on any atom is -0.496 e. The van der Waals surface area contributed by atoms with Gasteiger partial charge in [0.2, 0.25) is 0 Å². The highest BCUT2D eigenvalue weighted by Crippen LogP contribution is 2.26. The number of esters is 1. The molecule has 0 aliphatic heterocycles. The van der Waals surface area contributed by atoms with E-state index in [2.05, 4.69) is 4.74 Å². The summed E-state index contributed by atoms with van der Waals surface area (Å²) in [5.41, 5.74) is -0.0658. The molecule has 0 aliphatic carbocycles. The van der Waals surface area contributed by atoms with Crippen LogP contribution in [0.4, 0.5) is 8.78 Å². The zero-order valence-corrected chi connectivity index (χ0v) is 8.29. The molecule has 1 aromatic carbocycles. The molecule has 0 saturated carbocycles. The van der Waals surface area contributed by atoms with Crippen molar-refractivity contribution in [3.05, 3.63) is 29.3 Å². The van der Waals surface area contributed by atoms with Crippen LogP contribution in [0.1, 0.15) is 22.3 Å². The molecule has 0 atom stereocenters. The molecule has 0 radical (unpaired) electrons. The molecular formula is C10H10F2O3. The molecule has 5 heteroatoms. The first kappa shape index (κ1) is 11.4. The quantitative estimate of drug-likeness (QED) is 0.728. The number of carbonyl (C=O) groups is 1. The minimum atomic E-state index is -2.59.